The number of rotatable bonds is 4. The third kappa shape index (κ3) is 3.33. The molecule has 3 rings (SSSR count). The van der Waals surface area contributed by atoms with Crippen molar-refractivity contribution >= 4 is 23.3 Å². The molecule has 0 saturated carbocycles. The van der Waals surface area contributed by atoms with Crippen LogP contribution < -0.4 is 10.2 Å². The van der Waals surface area contributed by atoms with Crippen LogP contribution in [-0.4, -0.2) is 34.1 Å². The molecule has 0 radical (unpaired) electrons. The number of hydrogen-bond donors (Lipinski definition) is 2. The summed E-state index contributed by atoms with van der Waals surface area (Å²) < 4.78 is 0. The number of carbonyl (C=O) groups is 2. The van der Waals surface area contributed by atoms with Gasteiger partial charge in [-0.25, -0.2) is 4.79 Å². The van der Waals surface area contributed by atoms with Gasteiger partial charge in [-0.2, -0.15) is 0 Å². The molecular formula is C19H21N3O3. The molecule has 0 fully saturated rings. The molecule has 1 amide bonds. The Kier molecular flexibility index (Phi) is 4.20. The van der Waals surface area contributed by atoms with E-state index in [0.717, 1.165) is 17.5 Å². The largest absolute Gasteiger partial charge is 0.480 e. The smallest absolute Gasteiger partial charge is 0.328 e. The Morgan fingerprint density at radius 1 is 1.28 bits per heavy atom. The van der Waals surface area contributed by atoms with Crippen molar-refractivity contribution in [3.8, 4) is 0 Å². The van der Waals surface area contributed by atoms with Crippen LogP contribution in [0, 0.1) is 6.92 Å². The molecule has 0 aliphatic carbocycles. The van der Waals surface area contributed by atoms with E-state index >= 15 is 0 Å². The van der Waals surface area contributed by atoms with Crippen LogP contribution in [0.15, 0.2) is 36.7 Å². The molecule has 0 saturated heterocycles. The van der Waals surface area contributed by atoms with Crippen molar-refractivity contribution in [1.82, 2.24) is 4.98 Å². The van der Waals surface area contributed by atoms with Gasteiger partial charge in [-0.15, -0.1) is 0 Å². The van der Waals surface area contributed by atoms with Crippen LogP contribution >= 0.6 is 0 Å². The van der Waals surface area contributed by atoms with E-state index in [1.165, 1.54) is 0 Å². The molecule has 130 valence electrons. The van der Waals surface area contributed by atoms with Crippen LogP contribution in [0.1, 0.15) is 35.3 Å². The van der Waals surface area contributed by atoms with Crippen molar-refractivity contribution in [3.05, 3.63) is 53.3 Å². The molecule has 2 aromatic rings. The van der Waals surface area contributed by atoms with Gasteiger partial charge in [0.2, 0.25) is 0 Å². The first-order valence-electron chi connectivity index (χ1n) is 8.16. The summed E-state index contributed by atoms with van der Waals surface area (Å²) in [5, 5.41) is 12.2. The zero-order valence-electron chi connectivity index (χ0n) is 14.5. The van der Waals surface area contributed by atoms with Crippen LogP contribution in [0.5, 0.6) is 0 Å². The molecule has 25 heavy (non-hydrogen) atoms. The van der Waals surface area contributed by atoms with Gasteiger partial charge >= 0.3 is 5.97 Å². The highest BCUT2D eigenvalue weighted by atomic mass is 16.4. The second-order valence-corrected chi connectivity index (χ2v) is 6.85. The van der Waals surface area contributed by atoms with Gasteiger partial charge in [0, 0.05) is 12.1 Å². The van der Waals surface area contributed by atoms with Gasteiger partial charge < -0.3 is 15.3 Å². The summed E-state index contributed by atoms with van der Waals surface area (Å²) >= 11 is 0. The number of pyridine rings is 1. The fraction of sp³-hybridized carbons (Fsp3) is 0.316. The van der Waals surface area contributed by atoms with Gasteiger partial charge in [0.05, 0.1) is 23.8 Å². The summed E-state index contributed by atoms with van der Waals surface area (Å²) in [5.74, 6) is -1.02. The average molecular weight is 339 g/mol. The Bertz CT molecular complexity index is 846. The van der Waals surface area contributed by atoms with Crippen molar-refractivity contribution < 1.29 is 14.7 Å². The third-order valence-corrected chi connectivity index (χ3v) is 4.37. The predicted molar refractivity (Wildman–Crippen MR) is 96.1 cm³/mol. The molecule has 1 aromatic heterocycles. The maximum Gasteiger partial charge on any atom is 0.328 e. The zero-order chi connectivity index (χ0) is 18.2. The van der Waals surface area contributed by atoms with Gasteiger partial charge in [-0.3, -0.25) is 9.78 Å². The highest BCUT2D eigenvalue weighted by Gasteiger charge is 2.28. The summed E-state index contributed by atoms with van der Waals surface area (Å²) in [6.45, 7) is 5.74. The van der Waals surface area contributed by atoms with Gasteiger partial charge in [0.15, 0.2) is 0 Å². The number of carboxylic acid groups (broad SMARTS) is 1. The van der Waals surface area contributed by atoms with E-state index in [2.05, 4.69) is 16.4 Å². The lowest BCUT2D eigenvalue weighted by Crippen LogP contribution is -2.40. The first-order valence-corrected chi connectivity index (χ1v) is 8.16. The van der Waals surface area contributed by atoms with Crippen molar-refractivity contribution in [2.45, 2.75) is 32.7 Å². The molecule has 6 heteroatoms. The zero-order valence-corrected chi connectivity index (χ0v) is 14.5. The average Bonchev–Trinajstić information content (AvgIpc) is 2.54. The van der Waals surface area contributed by atoms with E-state index in [4.69, 9.17) is 0 Å². The minimum Gasteiger partial charge on any atom is -0.480 e. The molecule has 0 bridgehead atoms. The van der Waals surface area contributed by atoms with Crippen molar-refractivity contribution in [3.63, 3.8) is 0 Å². The molecule has 0 unspecified atom stereocenters. The lowest BCUT2D eigenvalue weighted by molar-refractivity contribution is -0.141. The Morgan fingerprint density at radius 3 is 2.76 bits per heavy atom. The Balaban J connectivity index is 1.88. The summed E-state index contributed by atoms with van der Waals surface area (Å²) in [6, 6.07) is 7.61. The lowest BCUT2D eigenvalue weighted by Gasteiger charge is -2.29. The summed E-state index contributed by atoms with van der Waals surface area (Å²) in [4.78, 5) is 29.9. The molecule has 0 spiro atoms. The molecule has 2 N–H and O–H groups in total. The first-order chi connectivity index (χ1) is 11.8. The molecule has 1 aliphatic rings. The van der Waals surface area contributed by atoms with E-state index in [0.29, 0.717) is 23.5 Å². The maximum atomic E-state index is 12.8. The summed E-state index contributed by atoms with van der Waals surface area (Å²) in [6.07, 6.45) is 3.96. The number of anilines is 2. The Hall–Kier alpha value is -2.89. The number of nitrogens with one attached hydrogen (secondary N) is 1. The SMILES string of the molecule is Cc1ccc2c(c1)CCN(c1cncc(NC(C)(C)C(=O)O)c1)C2=O. The molecule has 0 atom stereocenters. The quantitative estimate of drug-likeness (QED) is 0.895. The standard InChI is InChI=1S/C19H21N3O3/c1-12-4-5-16-13(8-12)6-7-22(17(16)23)15-9-14(10-20-11-15)21-19(2,3)18(24)25/h4-5,8-11,21H,6-7H2,1-3H3,(H,24,25). The minimum atomic E-state index is -1.13. The first kappa shape index (κ1) is 17.0. The van der Waals surface area contributed by atoms with Crippen molar-refractivity contribution in [2.24, 2.45) is 0 Å². The normalized spacial score (nSPS) is 14.2. The number of aryl methyl sites for hydroxylation is 1. The number of carbonyl (C=O) groups excluding carboxylic acids is 1. The predicted octanol–water partition coefficient (Wildman–Crippen LogP) is 2.87. The monoisotopic (exact) mass is 339 g/mol. The molecule has 6 nitrogen and oxygen atoms in total. The number of hydrogen-bond acceptors (Lipinski definition) is 4. The van der Waals surface area contributed by atoms with Gasteiger partial charge in [0.1, 0.15) is 5.54 Å². The number of aliphatic carboxylic acids is 1. The number of amides is 1. The van der Waals surface area contributed by atoms with Crippen LogP contribution in [-0.2, 0) is 11.2 Å². The van der Waals surface area contributed by atoms with Crippen molar-refractivity contribution in [2.75, 3.05) is 16.8 Å². The molecule has 1 aliphatic heterocycles. The Labute approximate surface area is 146 Å². The number of benzene rings is 1. The van der Waals surface area contributed by atoms with E-state index in [1.54, 1.807) is 37.2 Å². The van der Waals surface area contributed by atoms with Crippen LogP contribution in [0.4, 0.5) is 11.4 Å². The summed E-state index contributed by atoms with van der Waals surface area (Å²) in [7, 11) is 0. The number of aromatic nitrogens is 1. The molecular weight excluding hydrogens is 318 g/mol. The number of carboxylic acids is 1. The second kappa shape index (κ2) is 6.20. The number of fused-ring (bicyclic) bond motifs is 1. The van der Waals surface area contributed by atoms with E-state index in [-0.39, 0.29) is 5.91 Å². The fourth-order valence-corrected chi connectivity index (χ4v) is 2.92. The molecule has 1 aromatic carbocycles. The minimum absolute atomic E-state index is 0.0577. The van der Waals surface area contributed by atoms with Crippen LogP contribution in [0.25, 0.3) is 0 Å². The highest BCUT2D eigenvalue weighted by Crippen LogP contribution is 2.27. The van der Waals surface area contributed by atoms with Crippen LogP contribution in [0.2, 0.25) is 0 Å². The van der Waals surface area contributed by atoms with Crippen LogP contribution in [0.3, 0.4) is 0 Å². The van der Waals surface area contributed by atoms with Crippen molar-refractivity contribution in [1.29, 1.82) is 0 Å². The van der Waals surface area contributed by atoms with Gasteiger partial charge in [-0.1, -0.05) is 17.7 Å². The Morgan fingerprint density at radius 2 is 2.04 bits per heavy atom. The highest BCUT2D eigenvalue weighted by molar-refractivity contribution is 6.08. The van der Waals surface area contributed by atoms with E-state index < -0.39 is 11.5 Å². The second-order valence-electron chi connectivity index (χ2n) is 6.85. The maximum absolute atomic E-state index is 12.8. The van der Waals surface area contributed by atoms with Gasteiger partial charge in [-0.05, 0) is 44.9 Å². The van der Waals surface area contributed by atoms with Gasteiger partial charge in [0.25, 0.3) is 5.91 Å². The third-order valence-electron chi connectivity index (χ3n) is 4.37. The lowest BCUT2D eigenvalue weighted by atomic mass is 9.96. The summed E-state index contributed by atoms with van der Waals surface area (Å²) in [5.41, 5.74) is 3.01. The van der Waals surface area contributed by atoms with E-state index in [9.17, 15) is 14.7 Å². The fourth-order valence-electron chi connectivity index (χ4n) is 2.92. The topological polar surface area (TPSA) is 82.5 Å². The van der Waals surface area contributed by atoms with E-state index in [1.807, 2.05) is 19.1 Å². The number of nitrogens with zero attached hydrogens (tertiary/aromatic N) is 2. The molecule has 2 heterocycles.